The highest BCUT2D eigenvalue weighted by atomic mass is 35.5. The van der Waals surface area contributed by atoms with Gasteiger partial charge in [0.2, 0.25) is 0 Å². The Morgan fingerprint density at radius 2 is 1.85 bits per heavy atom. The summed E-state index contributed by atoms with van der Waals surface area (Å²) in [7, 11) is 0. The van der Waals surface area contributed by atoms with E-state index < -0.39 is 11.8 Å². The van der Waals surface area contributed by atoms with Crippen molar-refractivity contribution in [2.45, 2.75) is 13.8 Å². The molecule has 2 aromatic rings. The fourth-order valence-electron chi connectivity index (χ4n) is 1.51. The van der Waals surface area contributed by atoms with Crippen molar-refractivity contribution in [2.24, 2.45) is 0 Å². The Kier molecular flexibility index (Phi) is 4.05. The summed E-state index contributed by atoms with van der Waals surface area (Å²) in [6.45, 7) is 3.48. The number of rotatable bonds is 2. The van der Waals surface area contributed by atoms with Gasteiger partial charge < -0.3 is 9.84 Å². The molecule has 2 amide bonds. The maximum Gasteiger partial charge on any atom is 0.315 e. The minimum Gasteiger partial charge on any atom is -0.360 e. The van der Waals surface area contributed by atoms with Crippen molar-refractivity contribution in [1.29, 1.82) is 0 Å². The lowest BCUT2D eigenvalue weighted by Gasteiger charge is -2.08. The van der Waals surface area contributed by atoms with E-state index in [0.29, 0.717) is 16.5 Å². The molecule has 0 saturated heterocycles. The molecule has 104 valence electrons. The maximum absolute atomic E-state index is 11.8. The van der Waals surface area contributed by atoms with Gasteiger partial charge in [0, 0.05) is 16.8 Å². The fourth-order valence-corrected chi connectivity index (χ4v) is 1.68. The number of carbonyl (C=O) groups excluding carboxylic acids is 2. The molecule has 0 atom stereocenters. The van der Waals surface area contributed by atoms with Crippen LogP contribution in [0.3, 0.4) is 0 Å². The van der Waals surface area contributed by atoms with Gasteiger partial charge in [-0.05, 0) is 31.5 Å². The fraction of sp³-hybridized carbons (Fsp3) is 0.154. The summed E-state index contributed by atoms with van der Waals surface area (Å²) in [5.41, 5.74) is 1.28. The SMILES string of the molecule is Cc1cc(NC(=O)C(=O)Nc2cc(Cl)ccc2C)no1. The normalized spacial score (nSPS) is 10.2. The number of hydrogen-bond donors (Lipinski definition) is 2. The van der Waals surface area contributed by atoms with Crippen LogP contribution < -0.4 is 10.6 Å². The predicted molar refractivity (Wildman–Crippen MR) is 74.7 cm³/mol. The van der Waals surface area contributed by atoms with Gasteiger partial charge in [-0.3, -0.25) is 14.9 Å². The Morgan fingerprint density at radius 1 is 1.15 bits per heavy atom. The summed E-state index contributed by atoms with van der Waals surface area (Å²) in [5.74, 6) is -0.925. The molecule has 6 nitrogen and oxygen atoms in total. The van der Waals surface area contributed by atoms with E-state index in [0.717, 1.165) is 5.56 Å². The second kappa shape index (κ2) is 5.75. The van der Waals surface area contributed by atoms with Crippen molar-refractivity contribution in [3.63, 3.8) is 0 Å². The minimum absolute atomic E-state index is 0.186. The Labute approximate surface area is 120 Å². The van der Waals surface area contributed by atoms with E-state index in [1.54, 1.807) is 32.0 Å². The molecule has 0 aliphatic heterocycles. The van der Waals surface area contributed by atoms with E-state index in [-0.39, 0.29) is 5.82 Å². The lowest BCUT2D eigenvalue weighted by Crippen LogP contribution is -2.29. The van der Waals surface area contributed by atoms with Crippen LogP contribution >= 0.6 is 11.6 Å². The van der Waals surface area contributed by atoms with Gasteiger partial charge in [-0.15, -0.1) is 0 Å². The van der Waals surface area contributed by atoms with E-state index >= 15 is 0 Å². The average Bonchev–Trinajstić information content (AvgIpc) is 2.79. The first-order valence-electron chi connectivity index (χ1n) is 5.77. The van der Waals surface area contributed by atoms with Crippen molar-refractivity contribution >= 4 is 34.9 Å². The lowest BCUT2D eigenvalue weighted by molar-refractivity contribution is -0.133. The van der Waals surface area contributed by atoms with E-state index in [1.807, 2.05) is 0 Å². The van der Waals surface area contributed by atoms with Crippen LogP contribution in [0.5, 0.6) is 0 Å². The molecule has 0 unspecified atom stereocenters. The van der Waals surface area contributed by atoms with E-state index in [1.165, 1.54) is 6.07 Å². The van der Waals surface area contributed by atoms with Gasteiger partial charge in [-0.25, -0.2) is 0 Å². The Balaban J connectivity index is 2.04. The smallest absolute Gasteiger partial charge is 0.315 e. The number of aryl methyl sites for hydroxylation is 2. The van der Waals surface area contributed by atoms with Gasteiger partial charge in [-0.2, -0.15) is 0 Å². The molecule has 20 heavy (non-hydrogen) atoms. The van der Waals surface area contributed by atoms with Crippen molar-refractivity contribution in [3.05, 3.63) is 40.6 Å². The molecule has 0 aliphatic carbocycles. The molecule has 0 fully saturated rings. The van der Waals surface area contributed by atoms with Crippen molar-refractivity contribution < 1.29 is 14.1 Å². The van der Waals surface area contributed by atoms with Crippen LogP contribution in [-0.4, -0.2) is 17.0 Å². The number of aromatic nitrogens is 1. The van der Waals surface area contributed by atoms with Crippen molar-refractivity contribution in [1.82, 2.24) is 5.16 Å². The lowest BCUT2D eigenvalue weighted by atomic mass is 10.2. The number of carbonyl (C=O) groups is 2. The zero-order chi connectivity index (χ0) is 14.7. The molecule has 1 heterocycles. The highest BCUT2D eigenvalue weighted by Crippen LogP contribution is 2.20. The predicted octanol–water partition coefficient (Wildman–Crippen LogP) is 2.52. The Hall–Kier alpha value is -2.34. The Morgan fingerprint density at radius 3 is 2.50 bits per heavy atom. The van der Waals surface area contributed by atoms with Gasteiger partial charge in [0.15, 0.2) is 5.82 Å². The number of nitrogens with one attached hydrogen (secondary N) is 2. The van der Waals surface area contributed by atoms with Crippen LogP contribution in [0.25, 0.3) is 0 Å². The molecule has 0 bridgehead atoms. The van der Waals surface area contributed by atoms with E-state index in [4.69, 9.17) is 16.1 Å². The van der Waals surface area contributed by atoms with Gasteiger partial charge in [-0.1, -0.05) is 22.8 Å². The molecule has 2 N–H and O–H groups in total. The first-order chi connectivity index (χ1) is 9.45. The standard InChI is InChI=1S/C13H12ClN3O3/c1-7-3-4-9(14)6-10(7)15-12(18)13(19)16-11-5-8(2)20-17-11/h3-6H,1-2H3,(H,15,18)(H,16,17,19). The summed E-state index contributed by atoms with van der Waals surface area (Å²) >= 11 is 5.84. The minimum atomic E-state index is -0.835. The summed E-state index contributed by atoms with van der Waals surface area (Å²) in [5, 5.41) is 8.85. The van der Waals surface area contributed by atoms with Gasteiger partial charge >= 0.3 is 11.8 Å². The summed E-state index contributed by atoms with van der Waals surface area (Å²) in [4.78, 5) is 23.4. The van der Waals surface area contributed by atoms with Crippen LogP contribution in [0.15, 0.2) is 28.8 Å². The Bertz CT molecular complexity index is 667. The summed E-state index contributed by atoms with van der Waals surface area (Å²) < 4.78 is 4.78. The molecule has 0 aliphatic rings. The highest BCUT2D eigenvalue weighted by molar-refractivity contribution is 6.43. The largest absolute Gasteiger partial charge is 0.360 e. The molecule has 2 rings (SSSR count). The molecule has 1 aromatic heterocycles. The highest BCUT2D eigenvalue weighted by Gasteiger charge is 2.16. The monoisotopic (exact) mass is 293 g/mol. The third-order valence-electron chi connectivity index (χ3n) is 2.52. The number of hydrogen-bond acceptors (Lipinski definition) is 4. The number of amides is 2. The van der Waals surface area contributed by atoms with Crippen molar-refractivity contribution in [2.75, 3.05) is 10.6 Å². The van der Waals surface area contributed by atoms with Gasteiger partial charge in [0.1, 0.15) is 5.76 Å². The maximum atomic E-state index is 11.8. The number of benzene rings is 1. The van der Waals surface area contributed by atoms with Crippen LogP contribution in [0.4, 0.5) is 11.5 Å². The van der Waals surface area contributed by atoms with Gasteiger partial charge in [0.25, 0.3) is 0 Å². The van der Waals surface area contributed by atoms with Gasteiger partial charge in [0.05, 0.1) is 0 Å². The van der Waals surface area contributed by atoms with E-state index in [9.17, 15) is 9.59 Å². The molecular weight excluding hydrogens is 282 g/mol. The molecule has 1 aromatic carbocycles. The van der Waals surface area contributed by atoms with Crippen LogP contribution in [0.2, 0.25) is 5.02 Å². The molecule has 0 spiro atoms. The first-order valence-corrected chi connectivity index (χ1v) is 6.15. The summed E-state index contributed by atoms with van der Waals surface area (Å²) in [6, 6.07) is 6.53. The number of anilines is 2. The second-order valence-electron chi connectivity index (χ2n) is 4.19. The van der Waals surface area contributed by atoms with E-state index in [2.05, 4.69) is 15.8 Å². The van der Waals surface area contributed by atoms with Crippen LogP contribution in [0, 0.1) is 13.8 Å². The quantitative estimate of drug-likeness (QED) is 0.833. The second-order valence-corrected chi connectivity index (χ2v) is 4.63. The van der Waals surface area contributed by atoms with Crippen molar-refractivity contribution in [3.8, 4) is 0 Å². The molecule has 0 radical (unpaired) electrons. The average molecular weight is 294 g/mol. The number of halogens is 1. The zero-order valence-corrected chi connectivity index (χ0v) is 11.6. The molecule has 7 heteroatoms. The third-order valence-corrected chi connectivity index (χ3v) is 2.76. The topological polar surface area (TPSA) is 84.2 Å². The van der Waals surface area contributed by atoms with Crippen LogP contribution in [0.1, 0.15) is 11.3 Å². The third kappa shape index (κ3) is 3.36. The molecular formula is C13H12ClN3O3. The number of nitrogens with zero attached hydrogens (tertiary/aromatic N) is 1. The van der Waals surface area contributed by atoms with Crippen LogP contribution in [-0.2, 0) is 9.59 Å². The first kappa shape index (κ1) is 14.1. The summed E-state index contributed by atoms with van der Waals surface area (Å²) in [6.07, 6.45) is 0. The molecule has 0 saturated carbocycles. The zero-order valence-electron chi connectivity index (χ0n) is 10.9.